The van der Waals surface area contributed by atoms with Crippen molar-refractivity contribution in [2.45, 2.75) is 54.7 Å². The monoisotopic (exact) mass is 317 g/mol. The van der Waals surface area contributed by atoms with E-state index in [0.717, 1.165) is 45.5 Å². The zero-order chi connectivity index (χ0) is 14.0. The summed E-state index contributed by atoms with van der Waals surface area (Å²) in [6, 6.07) is 0.325. The molecule has 0 radical (unpaired) electrons. The van der Waals surface area contributed by atoms with Crippen molar-refractivity contribution in [3.63, 3.8) is 0 Å². The Morgan fingerprint density at radius 1 is 1.15 bits per heavy atom. The summed E-state index contributed by atoms with van der Waals surface area (Å²) in [5.74, 6) is 3.17. The normalized spacial score (nSPS) is 39.6. The summed E-state index contributed by atoms with van der Waals surface area (Å²) in [6.45, 7) is 4.95. The number of thioether (sulfide) groups is 2. The lowest BCUT2D eigenvalue weighted by Crippen LogP contribution is -2.52. The van der Waals surface area contributed by atoms with Crippen LogP contribution in [0.5, 0.6) is 0 Å². The van der Waals surface area contributed by atoms with Crippen LogP contribution in [-0.2, 0) is 9.47 Å². The van der Waals surface area contributed by atoms with Crippen molar-refractivity contribution in [3.8, 4) is 0 Å². The fourth-order valence-corrected chi connectivity index (χ4v) is 6.80. The minimum atomic E-state index is 0.0779. The molecule has 3 heterocycles. The first kappa shape index (κ1) is 15.5. The quantitative estimate of drug-likeness (QED) is 0.848. The highest BCUT2D eigenvalue weighted by atomic mass is 32.2. The van der Waals surface area contributed by atoms with E-state index in [2.05, 4.69) is 30.4 Å². The second kappa shape index (κ2) is 6.78. The lowest BCUT2D eigenvalue weighted by molar-refractivity contribution is -0.149. The van der Waals surface area contributed by atoms with Crippen molar-refractivity contribution in [2.24, 2.45) is 11.7 Å². The molecule has 3 saturated heterocycles. The molecule has 4 unspecified atom stereocenters. The van der Waals surface area contributed by atoms with Crippen molar-refractivity contribution in [2.75, 3.05) is 31.3 Å². The fraction of sp³-hybridized carbons (Fsp3) is 1.00. The third-order valence-corrected chi connectivity index (χ3v) is 8.33. The molecule has 20 heavy (non-hydrogen) atoms. The maximum absolute atomic E-state index is 6.68. The minimum Gasteiger partial charge on any atom is -0.381 e. The highest BCUT2D eigenvalue weighted by molar-refractivity contribution is 8.07. The summed E-state index contributed by atoms with van der Waals surface area (Å²) in [7, 11) is 0. The van der Waals surface area contributed by atoms with E-state index in [4.69, 9.17) is 15.2 Å². The van der Waals surface area contributed by atoms with E-state index in [1.807, 2.05) is 0 Å². The predicted molar refractivity (Wildman–Crippen MR) is 87.6 cm³/mol. The van der Waals surface area contributed by atoms with Crippen molar-refractivity contribution in [1.82, 2.24) is 0 Å². The molecule has 3 aliphatic rings. The van der Waals surface area contributed by atoms with Crippen molar-refractivity contribution < 1.29 is 9.47 Å². The molecule has 0 amide bonds. The average Bonchev–Trinajstić information content (AvgIpc) is 2.48. The van der Waals surface area contributed by atoms with Gasteiger partial charge in [0.25, 0.3) is 0 Å². The predicted octanol–water partition coefficient (Wildman–Crippen LogP) is 2.53. The van der Waals surface area contributed by atoms with Gasteiger partial charge in [-0.25, -0.2) is 0 Å². The van der Waals surface area contributed by atoms with Gasteiger partial charge in [0.05, 0.1) is 5.60 Å². The standard InChI is InChI=1S/C15H27NO2S2/c1-11-14(20-9-8-19-11)13(16)12-2-5-18-15(10-12)3-6-17-7-4-15/h11-14H,2-10,16H2,1H3. The van der Waals surface area contributed by atoms with E-state index in [0.29, 0.717) is 22.5 Å². The number of nitrogens with two attached hydrogens (primary N) is 1. The van der Waals surface area contributed by atoms with Crippen LogP contribution in [0, 0.1) is 5.92 Å². The summed E-state index contributed by atoms with van der Waals surface area (Å²) >= 11 is 4.19. The summed E-state index contributed by atoms with van der Waals surface area (Å²) in [5.41, 5.74) is 6.76. The van der Waals surface area contributed by atoms with Crippen LogP contribution in [0.1, 0.15) is 32.6 Å². The lowest BCUT2D eigenvalue weighted by atomic mass is 9.77. The van der Waals surface area contributed by atoms with Gasteiger partial charge < -0.3 is 15.2 Å². The lowest BCUT2D eigenvalue weighted by Gasteiger charge is -2.46. The molecule has 5 heteroatoms. The summed E-state index contributed by atoms with van der Waals surface area (Å²) < 4.78 is 11.7. The van der Waals surface area contributed by atoms with E-state index in [1.54, 1.807) is 0 Å². The molecule has 2 N–H and O–H groups in total. The first-order valence-electron chi connectivity index (χ1n) is 7.91. The van der Waals surface area contributed by atoms with Crippen LogP contribution >= 0.6 is 23.5 Å². The number of hydrogen-bond donors (Lipinski definition) is 1. The molecule has 3 nitrogen and oxygen atoms in total. The van der Waals surface area contributed by atoms with Gasteiger partial charge in [0.1, 0.15) is 0 Å². The molecule has 0 saturated carbocycles. The van der Waals surface area contributed by atoms with Crippen LogP contribution in [0.3, 0.4) is 0 Å². The Balaban J connectivity index is 1.63. The van der Waals surface area contributed by atoms with E-state index >= 15 is 0 Å². The van der Waals surface area contributed by atoms with Gasteiger partial charge in [-0.3, -0.25) is 0 Å². The van der Waals surface area contributed by atoms with Crippen LogP contribution < -0.4 is 5.73 Å². The van der Waals surface area contributed by atoms with Gasteiger partial charge in [0.15, 0.2) is 0 Å². The van der Waals surface area contributed by atoms with Crippen molar-refractivity contribution >= 4 is 23.5 Å². The fourth-order valence-electron chi connectivity index (χ4n) is 3.83. The highest BCUT2D eigenvalue weighted by Gasteiger charge is 2.43. The summed E-state index contributed by atoms with van der Waals surface area (Å²) in [4.78, 5) is 0. The number of ether oxygens (including phenoxy) is 2. The van der Waals surface area contributed by atoms with Crippen LogP contribution in [0.2, 0.25) is 0 Å². The SMILES string of the molecule is CC1SCCSC1C(N)C1CCOC2(CCOCC2)C1. The third kappa shape index (κ3) is 3.32. The Morgan fingerprint density at radius 3 is 2.65 bits per heavy atom. The molecular weight excluding hydrogens is 290 g/mol. The van der Waals surface area contributed by atoms with Gasteiger partial charge in [0.2, 0.25) is 0 Å². The van der Waals surface area contributed by atoms with E-state index in [9.17, 15) is 0 Å². The van der Waals surface area contributed by atoms with Gasteiger partial charge in [-0.15, -0.1) is 0 Å². The second-order valence-corrected chi connectivity index (χ2v) is 9.16. The summed E-state index contributed by atoms with van der Waals surface area (Å²) in [5, 5.41) is 1.31. The Bertz CT molecular complexity index is 317. The smallest absolute Gasteiger partial charge is 0.0729 e. The average molecular weight is 318 g/mol. The third-order valence-electron chi connectivity index (χ3n) is 5.10. The van der Waals surface area contributed by atoms with Crippen molar-refractivity contribution in [3.05, 3.63) is 0 Å². The summed E-state index contributed by atoms with van der Waals surface area (Å²) in [6.07, 6.45) is 4.39. The number of hydrogen-bond acceptors (Lipinski definition) is 5. The maximum atomic E-state index is 6.68. The Labute approximate surface area is 131 Å². The maximum Gasteiger partial charge on any atom is 0.0729 e. The van der Waals surface area contributed by atoms with Gasteiger partial charge in [-0.05, 0) is 31.6 Å². The molecular formula is C15H27NO2S2. The Kier molecular flexibility index (Phi) is 5.24. The molecule has 0 aromatic heterocycles. The Hall–Kier alpha value is 0.580. The topological polar surface area (TPSA) is 44.5 Å². The highest BCUT2D eigenvalue weighted by Crippen LogP contribution is 2.42. The Morgan fingerprint density at radius 2 is 1.90 bits per heavy atom. The van der Waals surface area contributed by atoms with Crippen LogP contribution in [0.15, 0.2) is 0 Å². The largest absolute Gasteiger partial charge is 0.381 e. The van der Waals surface area contributed by atoms with Gasteiger partial charge in [-0.1, -0.05) is 6.92 Å². The second-order valence-electron chi connectivity index (χ2n) is 6.39. The van der Waals surface area contributed by atoms with Crippen molar-refractivity contribution in [1.29, 1.82) is 0 Å². The molecule has 3 fully saturated rings. The zero-order valence-corrected chi connectivity index (χ0v) is 14.0. The van der Waals surface area contributed by atoms with Crippen LogP contribution in [0.25, 0.3) is 0 Å². The van der Waals surface area contributed by atoms with Gasteiger partial charge >= 0.3 is 0 Å². The molecule has 3 aliphatic heterocycles. The molecule has 116 valence electrons. The molecule has 0 bridgehead atoms. The molecule has 0 aromatic rings. The molecule has 0 aromatic carbocycles. The molecule has 0 aliphatic carbocycles. The zero-order valence-electron chi connectivity index (χ0n) is 12.4. The van der Waals surface area contributed by atoms with E-state index in [-0.39, 0.29) is 5.60 Å². The molecule has 4 atom stereocenters. The van der Waals surface area contributed by atoms with Crippen LogP contribution in [0.4, 0.5) is 0 Å². The van der Waals surface area contributed by atoms with E-state index < -0.39 is 0 Å². The first-order valence-corrected chi connectivity index (χ1v) is 10.0. The molecule has 1 spiro atoms. The van der Waals surface area contributed by atoms with Crippen LogP contribution in [-0.4, -0.2) is 53.5 Å². The van der Waals surface area contributed by atoms with E-state index in [1.165, 1.54) is 11.5 Å². The first-order chi connectivity index (χ1) is 9.70. The number of rotatable bonds is 2. The van der Waals surface area contributed by atoms with Gasteiger partial charge in [0, 0.05) is 47.9 Å². The molecule has 3 rings (SSSR count). The minimum absolute atomic E-state index is 0.0779. The van der Waals surface area contributed by atoms with Gasteiger partial charge in [-0.2, -0.15) is 23.5 Å².